The Morgan fingerprint density at radius 2 is 1.64 bits per heavy atom. The maximum absolute atomic E-state index is 15.6. The molecule has 336 valence electrons. The van der Waals surface area contributed by atoms with Gasteiger partial charge in [-0.1, -0.05) is 48.9 Å². The van der Waals surface area contributed by atoms with Gasteiger partial charge in [-0.25, -0.2) is 19.0 Å². The number of aromatic hydroxyl groups is 1. The van der Waals surface area contributed by atoms with Crippen LogP contribution in [0.2, 0.25) is 0 Å². The molecule has 0 bridgehead atoms. The first-order valence-electron chi connectivity index (χ1n) is 18.8. The number of ether oxygens (including phenoxy) is 1. The molecule has 14 nitrogen and oxygen atoms in total. The summed E-state index contributed by atoms with van der Waals surface area (Å²) in [5.41, 5.74) is 2.29. The van der Waals surface area contributed by atoms with Crippen molar-refractivity contribution in [2.75, 3.05) is 45.9 Å². The van der Waals surface area contributed by atoms with Crippen molar-refractivity contribution in [1.82, 2.24) is 25.1 Å². The number of morpholine rings is 1. The van der Waals surface area contributed by atoms with Gasteiger partial charge in [0.15, 0.2) is 0 Å². The Labute approximate surface area is 351 Å². The van der Waals surface area contributed by atoms with Gasteiger partial charge in [-0.3, -0.25) is 14.5 Å². The summed E-state index contributed by atoms with van der Waals surface area (Å²) >= 11 is 2.51. The van der Waals surface area contributed by atoms with E-state index in [1.807, 2.05) is 22.4 Å². The maximum Gasteiger partial charge on any atom is 0.490 e. The van der Waals surface area contributed by atoms with Gasteiger partial charge in [-0.2, -0.15) is 26.3 Å². The second-order valence-corrected chi connectivity index (χ2v) is 16.0. The van der Waals surface area contributed by atoms with Crippen LogP contribution in [0, 0.1) is 5.82 Å². The molecule has 1 amide bonds. The number of halogens is 7. The lowest BCUT2D eigenvalue weighted by Gasteiger charge is -2.47. The summed E-state index contributed by atoms with van der Waals surface area (Å²) in [7, 11) is 0. The molecular formula is C38H44F7N5O9S2. The fourth-order valence-electron chi connectivity index (χ4n) is 6.52. The molecule has 2 aliphatic heterocycles. The van der Waals surface area contributed by atoms with E-state index in [-0.39, 0.29) is 34.5 Å². The molecule has 0 unspecified atom stereocenters. The van der Waals surface area contributed by atoms with Crippen LogP contribution in [0.5, 0.6) is 5.75 Å². The van der Waals surface area contributed by atoms with E-state index in [9.17, 15) is 46.1 Å². The fourth-order valence-corrected chi connectivity index (χ4v) is 8.25. The number of nitrogens with zero attached hydrogens (tertiary/aromatic N) is 3. The number of aromatic nitrogens is 2. The lowest BCUT2D eigenvalue weighted by atomic mass is 9.89. The summed E-state index contributed by atoms with van der Waals surface area (Å²) in [5.74, 6) is -5.78. The average Bonchev–Trinajstić information content (AvgIpc) is 3.84. The third-order valence-electron chi connectivity index (χ3n) is 9.71. The number of benzene rings is 2. The smallest absolute Gasteiger partial charge is 0.490 e. The van der Waals surface area contributed by atoms with E-state index in [2.05, 4.69) is 27.1 Å². The molecule has 2 aromatic heterocycles. The highest BCUT2D eigenvalue weighted by molar-refractivity contribution is 7.16. The van der Waals surface area contributed by atoms with Crippen molar-refractivity contribution in [3.05, 3.63) is 78.6 Å². The number of nitrogens with one attached hydrogen (secondary N) is 2. The number of carboxylic acids is 2. The number of alkyl halides is 6. The van der Waals surface area contributed by atoms with Crippen molar-refractivity contribution in [2.24, 2.45) is 0 Å². The Kier molecular flexibility index (Phi) is 17.2. The molecule has 0 radical (unpaired) electrons. The van der Waals surface area contributed by atoms with Gasteiger partial charge in [-0.15, -0.1) is 11.3 Å². The number of aliphatic carboxylic acids is 2. The number of hydrogen-bond donors (Lipinski definition) is 6. The largest absolute Gasteiger partial charge is 0.506 e. The Bertz CT molecular complexity index is 2150. The van der Waals surface area contributed by atoms with E-state index in [1.165, 1.54) is 6.07 Å². The molecule has 1 spiro atoms. The summed E-state index contributed by atoms with van der Waals surface area (Å²) in [6, 6.07) is 8.58. The van der Waals surface area contributed by atoms with Gasteiger partial charge < -0.3 is 40.4 Å². The first-order chi connectivity index (χ1) is 28.6. The zero-order valence-corrected chi connectivity index (χ0v) is 34.2. The number of carbonyl (C=O) groups excluding carboxylic acids is 1. The molecule has 4 heterocycles. The molecule has 2 aromatic carbocycles. The van der Waals surface area contributed by atoms with Gasteiger partial charge in [0.25, 0.3) is 5.91 Å². The monoisotopic (exact) mass is 911 g/mol. The van der Waals surface area contributed by atoms with E-state index in [0.717, 1.165) is 61.5 Å². The van der Waals surface area contributed by atoms with Gasteiger partial charge in [-0.05, 0) is 50.3 Å². The lowest BCUT2D eigenvalue weighted by molar-refractivity contribution is -0.193. The van der Waals surface area contributed by atoms with Crippen molar-refractivity contribution in [3.63, 3.8) is 0 Å². The molecule has 2 fully saturated rings. The van der Waals surface area contributed by atoms with Crippen molar-refractivity contribution < 1.29 is 70.3 Å². The Balaban J connectivity index is 0.000000504. The van der Waals surface area contributed by atoms with Crippen LogP contribution < -0.4 is 10.2 Å². The van der Waals surface area contributed by atoms with Gasteiger partial charge in [0.05, 0.1) is 34.6 Å². The number of likely N-dealkylation sites (tertiary alicyclic amines) is 1. The first-order valence-corrected chi connectivity index (χ1v) is 20.5. The molecule has 6 rings (SSSR count). The molecule has 2 saturated heterocycles. The Morgan fingerprint density at radius 3 is 2.26 bits per heavy atom. The number of phenols is 1. The second kappa shape index (κ2) is 21.4. The number of amides is 1. The summed E-state index contributed by atoms with van der Waals surface area (Å²) in [5, 5.41) is 41.1. The SMILES string of the molecule is CCCCc1nc(C(=O)N2CCOC3(CCN(Cc4cccc(CCNC[C@H](O)c5ccc(O)c6[nH]c(=O)sc56)c4F)CC3)C2)cs1.O=C(O)C(F)(F)F.O=C(O)C(F)(F)F. The van der Waals surface area contributed by atoms with Crippen LogP contribution in [-0.4, -0.2) is 122 Å². The van der Waals surface area contributed by atoms with Gasteiger partial charge >= 0.3 is 29.2 Å². The number of aromatic amines is 1. The second-order valence-electron chi connectivity index (χ2n) is 14.1. The number of aliphatic hydroxyl groups excluding tert-OH is 1. The van der Waals surface area contributed by atoms with Crippen molar-refractivity contribution >= 4 is 50.7 Å². The number of carbonyl (C=O) groups is 3. The number of H-pyrrole nitrogens is 1. The van der Waals surface area contributed by atoms with Gasteiger partial charge in [0.1, 0.15) is 22.8 Å². The standard InChI is InChI=1S/C34H42FN5O5S2.2C2HF3O2/c1-2-3-7-28-37-25(20-46-28)32(43)40-16-17-45-34(21-40)11-14-39(15-12-34)19-23-6-4-5-22(29(23)35)10-13-36-18-27(42)24-8-9-26(41)30-31(24)47-33(44)38-30;2*3-2(4,5)1(6)7/h4-6,8-9,20,27,36,41-42H,2-3,7,10-19,21H2,1H3,(H,38,44);2*(H,6,7)/t27-;;/m0../s1. The van der Waals surface area contributed by atoms with Gasteiger partial charge in [0.2, 0.25) is 0 Å². The summed E-state index contributed by atoms with van der Waals surface area (Å²) in [6.45, 7) is 6.46. The molecular weight excluding hydrogens is 868 g/mol. The number of aliphatic hydroxyl groups is 1. The van der Waals surface area contributed by atoms with E-state index in [0.29, 0.717) is 71.8 Å². The molecule has 1 atom stereocenters. The number of thiazole rings is 2. The highest BCUT2D eigenvalue weighted by Gasteiger charge is 2.42. The van der Waals surface area contributed by atoms with Crippen LogP contribution in [0.25, 0.3) is 10.2 Å². The molecule has 6 N–H and O–H groups in total. The Hall–Kier alpha value is -4.68. The number of piperidine rings is 1. The molecule has 0 saturated carbocycles. The van der Waals surface area contributed by atoms with Crippen molar-refractivity contribution in [1.29, 1.82) is 0 Å². The van der Waals surface area contributed by atoms with E-state index in [4.69, 9.17) is 24.5 Å². The third kappa shape index (κ3) is 13.9. The molecule has 4 aromatic rings. The number of unbranched alkanes of at least 4 members (excludes halogenated alkanes) is 1. The number of phenolic OH excluding ortho intramolecular Hbond substituents is 1. The minimum absolute atomic E-state index is 0.0198. The third-order valence-corrected chi connectivity index (χ3v) is 11.6. The minimum Gasteiger partial charge on any atom is -0.506 e. The summed E-state index contributed by atoms with van der Waals surface area (Å²) in [4.78, 5) is 53.9. The van der Waals surface area contributed by atoms with Gasteiger partial charge in [0, 0.05) is 49.2 Å². The number of carboxylic acid groups (broad SMARTS) is 2. The topological polar surface area (TPSA) is 206 Å². The van der Waals surface area contributed by atoms with Crippen LogP contribution in [0.1, 0.15) is 70.9 Å². The van der Waals surface area contributed by atoms with Crippen molar-refractivity contribution in [2.45, 2.75) is 76.1 Å². The van der Waals surface area contributed by atoms with E-state index >= 15 is 4.39 Å². The quantitative estimate of drug-likeness (QED) is 0.0730. The Morgan fingerprint density at radius 1 is 1.00 bits per heavy atom. The normalized spacial score (nSPS) is 16.0. The molecule has 23 heteroatoms. The number of aryl methyl sites for hydroxylation is 1. The predicted octanol–water partition coefficient (Wildman–Crippen LogP) is 5.87. The molecule has 61 heavy (non-hydrogen) atoms. The van der Waals surface area contributed by atoms with Crippen LogP contribution in [0.3, 0.4) is 0 Å². The summed E-state index contributed by atoms with van der Waals surface area (Å²) < 4.78 is 85.9. The maximum atomic E-state index is 15.6. The predicted molar refractivity (Wildman–Crippen MR) is 209 cm³/mol. The number of fused-ring (bicyclic) bond motifs is 1. The van der Waals surface area contributed by atoms with Crippen LogP contribution in [0.4, 0.5) is 30.7 Å². The van der Waals surface area contributed by atoms with Crippen LogP contribution in [-0.2, 0) is 33.7 Å². The average molecular weight is 912 g/mol. The van der Waals surface area contributed by atoms with E-state index in [1.54, 1.807) is 23.5 Å². The highest BCUT2D eigenvalue weighted by Crippen LogP contribution is 2.33. The zero-order valence-electron chi connectivity index (χ0n) is 32.6. The molecule has 0 aliphatic carbocycles. The van der Waals surface area contributed by atoms with Crippen LogP contribution in [0.15, 0.2) is 40.5 Å². The number of rotatable bonds is 12. The minimum atomic E-state index is -5.08. The number of hydrogen-bond acceptors (Lipinski definition) is 12. The fraction of sp³-hybridized carbons (Fsp3) is 0.500. The van der Waals surface area contributed by atoms with Crippen molar-refractivity contribution in [3.8, 4) is 5.75 Å². The summed E-state index contributed by atoms with van der Waals surface area (Å²) in [6.07, 6.45) is -5.98. The van der Waals surface area contributed by atoms with Crippen LogP contribution >= 0.6 is 22.7 Å². The first kappa shape index (κ1) is 49.0. The zero-order chi connectivity index (χ0) is 45.1. The molecule has 2 aliphatic rings. The highest BCUT2D eigenvalue weighted by atomic mass is 32.1. The lowest BCUT2D eigenvalue weighted by Crippen LogP contribution is -2.58. The van der Waals surface area contributed by atoms with E-state index < -0.39 is 30.4 Å².